The molecule has 2 aromatic rings. The summed E-state index contributed by atoms with van der Waals surface area (Å²) in [7, 11) is 0. The lowest BCUT2D eigenvalue weighted by molar-refractivity contribution is 0.0934. The highest BCUT2D eigenvalue weighted by Crippen LogP contribution is 2.29. The minimum absolute atomic E-state index is 0.0453. The van der Waals surface area contributed by atoms with Crippen molar-refractivity contribution in [3.05, 3.63) is 62.9 Å². The zero-order chi connectivity index (χ0) is 18.0. The van der Waals surface area contributed by atoms with E-state index in [0.717, 1.165) is 10.1 Å². The van der Waals surface area contributed by atoms with Gasteiger partial charge in [0, 0.05) is 5.92 Å². The van der Waals surface area contributed by atoms with Crippen molar-refractivity contribution in [2.24, 2.45) is 5.92 Å². The van der Waals surface area contributed by atoms with Gasteiger partial charge in [-0.15, -0.1) is 0 Å². The Bertz CT molecular complexity index is 874. The standard InChI is InChI=1S/C19H20N2O3/c1-11(2)17(22)16-12(3)15(10-20)18(23)21(19(16)24)13(4)14-8-6-5-7-9-14/h5-9,11,13,24H,1-4H3. The molecule has 5 heteroatoms. The number of benzene rings is 1. The molecule has 0 saturated carbocycles. The third-order valence-electron chi connectivity index (χ3n) is 4.19. The van der Waals surface area contributed by atoms with E-state index in [2.05, 4.69) is 0 Å². The smallest absolute Gasteiger partial charge is 0.272 e. The number of nitriles is 1. The van der Waals surface area contributed by atoms with E-state index in [1.165, 1.54) is 6.92 Å². The summed E-state index contributed by atoms with van der Waals surface area (Å²) in [6.45, 7) is 6.69. The highest BCUT2D eigenvalue weighted by Gasteiger charge is 2.27. The Balaban J connectivity index is 2.82. The summed E-state index contributed by atoms with van der Waals surface area (Å²) in [6.07, 6.45) is 0. The number of pyridine rings is 1. The molecule has 0 bridgehead atoms. The molecule has 0 aliphatic heterocycles. The second-order valence-corrected chi connectivity index (χ2v) is 6.09. The number of carbonyl (C=O) groups is 1. The Hall–Kier alpha value is -2.87. The summed E-state index contributed by atoms with van der Waals surface area (Å²) in [5.41, 5.74) is 0.369. The van der Waals surface area contributed by atoms with Crippen LogP contribution in [0.5, 0.6) is 5.88 Å². The molecule has 0 spiro atoms. The van der Waals surface area contributed by atoms with Gasteiger partial charge < -0.3 is 5.11 Å². The third-order valence-corrected chi connectivity index (χ3v) is 4.19. The first-order valence-corrected chi connectivity index (χ1v) is 7.78. The van der Waals surface area contributed by atoms with Gasteiger partial charge in [-0.05, 0) is 25.0 Å². The van der Waals surface area contributed by atoms with Gasteiger partial charge in [-0.2, -0.15) is 5.26 Å². The summed E-state index contributed by atoms with van der Waals surface area (Å²) in [4.78, 5) is 25.2. The van der Waals surface area contributed by atoms with Gasteiger partial charge in [0.25, 0.3) is 5.56 Å². The van der Waals surface area contributed by atoms with Crippen LogP contribution in [0.1, 0.15) is 53.9 Å². The molecule has 0 radical (unpaired) electrons. The van der Waals surface area contributed by atoms with Gasteiger partial charge in [-0.25, -0.2) is 0 Å². The lowest BCUT2D eigenvalue weighted by atomic mass is 9.95. The molecule has 1 aromatic heterocycles. The second-order valence-electron chi connectivity index (χ2n) is 6.09. The number of Topliss-reactive ketones (excluding diaryl/α,β-unsaturated/α-hetero) is 1. The van der Waals surface area contributed by atoms with Gasteiger partial charge in [0.15, 0.2) is 5.78 Å². The van der Waals surface area contributed by atoms with Gasteiger partial charge in [0.1, 0.15) is 11.6 Å². The fourth-order valence-electron chi connectivity index (χ4n) is 2.75. The van der Waals surface area contributed by atoms with Crippen LogP contribution in [0.2, 0.25) is 0 Å². The van der Waals surface area contributed by atoms with E-state index in [-0.39, 0.29) is 34.3 Å². The van der Waals surface area contributed by atoms with E-state index in [1.807, 2.05) is 36.4 Å². The molecule has 1 aromatic carbocycles. The molecule has 2 rings (SSSR count). The molecule has 1 heterocycles. The van der Waals surface area contributed by atoms with Crippen LogP contribution in [0, 0.1) is 24.2 Å². The predicted octanol–water partition coefficient (Wildman–Crippen LogP) is 3.18. The fraction of sp³-hybridized carbons (Fsp3) is 0.316. The van der Waals surface area contributed by atoms with Crippen molar-refractivity contribution in [1.82, 2.24) is 4.57 Å². The van der Waals surface area contributed by atoms with Crippen LogP contribution in [0.3, 0.4) is 0 Å². The average molecular weight is 324 g/mol. The van der Waals surface area contributed by atoms with Gasteiger partial charge in [0.2, 0.25) is 5.88 Å². The molecule has 124 valence electrons. The third kappa shape index (κ3) is 2.83. The van der Waals surface area contributed by atoms with Crippen LogP contribution in [-0.4, -0.2) is 15.5 Å². The summed E-state index contributed by atoms with van der Waals surface area (Å²) >= 11 is 0. The molecular weight excluding hydrogens is 304 g/mol. The first kappa shape index (κ1) is 17.5. The van der Waals surface area contributed by atoms with Gasteiger partial charge in [-0.1, -0.05) is 44.2 Å². The van der Waals surface area contributed by atoms with Crippen molar-refractivity contribution in [3.63, 3.8) is 0 Å². The molecule has 0 saturated heterocycles. The van der Waals surface area contributed by atoms with Crippen molar-refractivity contribution in [3.8, 4) is 11.9 Å². The lowest BCUT2D eigenvalue weighted by Gasteiger charge is -2.21. The van der Waals surface area contributed by atoms with E-state index >= 15 is 0 Å². The largest absolute Gasteiger partial charge is 0.494 e. The van der Waals surface area contributed by atoms with E-state index in [1.54, 1.807) is 20.8 Å². The molecule has 0 amide bonds. The quantitative estimate of drug-likeness (QED) is 0.876. The number of rotatable bonds is 4. The van der Waals surface area contributed by atoms with Crippen molar-refractivity contribution >= 4 is 5.78 Å². The zero-order valence-corrected chi connectivity index (χ0v) is 14.2. The number of ketones is 1. The maximum absolute atomic E-state index is 12.7. The number of aromatic hydroxyl groups is 1. The Kier molecular flexibility index (Phi) is 4.89. The van der Waals surface area contributed by atoms with E-state index in [0.29, 0.717) is 0 Å². The normalized spacial score (nSPS) is 12.0. The molecular formula is C19H20N2O3. The van der Waals surface area contributed by atoms with Gasteiger partial charge in [0.05, 0.1) is 11.6 Å². The van der Waals surface area contributed by atoms with Crippen LogP contribution in [0.25, 0.3) is 0 Å². The van der Waals surface area contributed by atoms with Gasteiger partial charge in [-0.3, -0.25) is 14.2 Å². The van der Waals surface area contributed by atoms with Crippen LogP contribution in [0.15, 0.2) is 35.1 Å². The summed E-state index contributed by atoms with van der Waals surface area (Å²) < 4.78 is 1.12. The molecule has 1 atom stereocenters. The maximum Gasteiger partial charge on any atom is 0.272 e. The number of hydrogen-bond donors (Lipinski definition) is 1. The van der Waals surface area contributed by atoms with Crippen LogP contribution < -0.4 is 5.56 Å². The number of hydrogen-bond acceptors (Lipinski definition) is 4. The minimum Gasteiger partial charge on any atom is -0.494 e. The first-order valence-electron chi connectivity index (χ1n) is 7.78. The van der Waals surface area contributed by atoms with Crippen LogP contribution in [0.4, 0.5) is 0 Å². The average Bonchev–Trinajstić information content (AvgIpc) is 2.55. The highest BCUT2D eigenvalue weighted by molar-refractivity contribution is 6.01. The van der Waals surface area contributed by atoms with Crippen LogP contribution >= 0.6 is 0 Å². The second kappa shape index (κ2) is 6.71. The Labute approximate surface area is 140 Å². The first-order chi connectivity index (χ1) is 11.3. The molecule has 0 aliphatic rings. The molecule has 1 N–H and O–H groups in total. The fourth-order valence-corrected chi connectivity index (χ4v) is 2.75. The molecule has 1 unspecified atom stereocenters. The Morgan fingerprint density at radius 1 is 1.21 bits per heavy atom. The molecule has 5 nitrogen and oxygen atoms in total. The zero-order valence-electron chi connectivity index (χ0n) is 14.2. The Morgan fingerprint density at radius 2 is 1.79 bits per heavy atom. The van der Waals surface area contributed by atoms with Crippen molar-refractivity contribution in [2.45, 2.75) is 33.7 Å². The summed E-state index contributed by atoms with van der Waals surface area (Å²) in [6, 6.07) is 10.5. The van der Waals surface area contributed by atoms with E-state index in [9.17, 15) is 20.0 Å². The van der Waals surface area contributed by atoms with E-state index < -0.39 is 11.6 Å². The number of carbonyl (C=O) groups excluding carboxylic acids is 1. The lowest BCUT2D eigenvalue weighted by Crippen LogP contribution is -2.30. The highest BCUT2D eigenvalue weighted by atomic mass is 16.3. The van der Waals surface area contributed by atoms with Gasteiger partial charge >= 0.3 is 0 Å². The topological polar surface area (TPSA) is 83.1 Å². The number of nitrogens with zero attached hydrogens (tertiary/aromatic N) is 2. The summed E-state index contributed by atoms with van der Waals surface area (Å²) in [5.74, 6) is -1.04. The maximum atomic E-state index is 12.7. The van der Waals surface area contributed by atoms with Crippen molar-refractivity contribution < 1.29 is 9.90 Å². The van der Waals surface area contributed by atoms with E-state index in [4.69, 9.17) is 0 Å². The molecule has 24 heavy (non-hydrogen) atoms. The predicted molar refractivity (Wildman–Crippen MR) is 91.2 cm³/mol. The molecule has 0 aliphatic carbocycles. The minimum atomic E-state index is -0.593. The van der Waals surface area contributed by atoms with Crippen molar-refractivity contribution in [1.29, 1.82) is 5.26 Å². The Morgan fingerprint density at radius 3 is 2.29 bits per heavy atom. The van der Waals surface area contributed by atoms with Crippen LogP contribution in [-0.2, 0) is 0 Å². The van der Waals surface area contributed by atoms with Crippen molar-refractivity contribution in [2.75, 3.05) is 0 Å². The SMILES string of the molecule is Cc1c(C(=O)C(C)C)c(O)n(C(C)c2ccccc2)c(=O)c1C#N. The monoisotopic (exact) mass is 324 g/mol. The number of aromatic nitrogens is 1. The summed E-state index contributed by atoms with van der Waals surface area (Å²) in [5, 5.41) is 20.0. The molecule has 0 fully saturated rings.